The van der Waals surface area contributed by atoms with Crippen LogP contribution in [0.15, 0.2) is 6.20 Å². The van der Waals surface area contributed by atoms with Crippen LogP contribution < -0.4 is 5.32 Å². The highest BCUT2D eigenvalue weighted by Crippen LogP contribution is 2.19. The average molecular weight is 237 g/mol. The van der Waals surface area contributed by atoms with Gasteiger partial charge in [-0.3, -0.25) is 4.68 Å². The lowest BCUT2D eigenvalue weighted by molar-refractivity contribution is 0.0599. The van der Waals surface area contributed by atoms with Gasteiger partial charge in [-0.05, 0) is 38.3 Å². The maximum absolute atomic E-state index is 11.6. The summed E-state index contributed by atoms with van der Waals surface area (Å²) in [5, 5.41) is 7.53. The number of nitrogens with zero attached hydrogens (tertiary/aromatic N) is 2. The molecule has 0 aliphatic carbocycles. The summed E-state index contributed by atoms with van der Waals surface area (Å²) in [4.78, 5) is 11.6. The van der Waals surface area contributed by atoms with Crippen LogP contribution in [0, 0.1) is 5.92 Å². The normalized spacial score (nSPS) is 20.2. The van der Waals surface area contributed by atoms with E-state index in [0.29, 0.717) is 11.5 Å². The van der Waals surface area contributed by atoms with Gasteiger partial charge in [-0.2, -0.15) is 5.10 Å². The van der Waals surface area contributed by atoms with Crippen LogP contribution in [0.5, 0.6) is 0 Å². The van der Waals surface area contributed by atoms with Crippen molar-refractivity contribution < 1.29 is 9.53 Å². The fourth-order valence-electron chi connectivity index (χ4n) is 2.36. The molecule has 1 atom stereocenters. The first-order valence-electron chi connectivity index (χ1n) is 6.02. The molecule has 0 radical (unpaired) electrons. The van der Waals surface area contributed by atoms with Gasteiger partial charge in [-0.25, -0.2) is 4.79 Å². The van der Waals surface area contributed by atoms with Crippen molar-refractivity contribution in [1.29, 1.82) is 0 Å². The summed E-state index contributed by atoms with van der Waals surface area (Å²) in [7, 11) is 3.28. The number of hydrogen-bond donors (Lipinski definition) is 1. The number of hydrogen-bond acceptors (Lipinski definition) is 4. The molecular weight excluding hydrogens is 218 g/mol. The Bertz CT molecular complexity index is 394. The molecule has 17 heavy (non-hydrogen) atoms. The zero-order valence-corrected chi connectivity index (χ0v) is 10.4. The fourth-order valence-corrected chi connectivity index (χ4v) is 2.36. The van der Waals surface area contributed by atoms with Crippen molar-refractivity contribution in [2.24, 2.45) is 13.0 Å². The Hall–Kier alpha value is -1.36. The number of carbonyl (C=O) groups excluding carboxylic acids is 1. The second kappa shape index (κ2) is 5.31. The molecule has 5 heteroatoms. The number of carbonyl (C=O) groups is 1. The van der Waals surface area contributed by atoms with Crippen LogP contribution in [0.3, 0.4) is 0 Å². The predicted molar refractivity (Wildman–Crippen MR) is 63.8 cm³/mol. The maximum Gasteiger partial charge on any atom is 0.341 e. The fraction of sp³-hybridized carbons (Fsp3) is 0.667. The van der Waals surface area contributed by atoms with Crippen molar-refractivity contribution in [2.75, 3.05) is 20.2 Å². The van der Waals surface area contributed by atoms with Crippen LogP contribution in [-0.2, 0) is 18.2 Å². The molecule has 0 amide bonds. The molecular formula is C12H19N3O2. The van der Waals surface area contributed by atoms with Crippen molar-refractivity contribution in [3.63, 3.8) is 0 Å². The molecule has 1 aromatic rings. The summed E-state index contributed by atoms with van der Waals surface area (Å²) >= 11 is 0. The molecule has 5 nitrogen and oxygen atoms in total. The van der Waals surface area contributed by atoms with Crippen LogP contribution in [-0.4, -0.2) is 35.9 Å². The number of rotatable bonds is 3. The molecule has 94 valence electrons. The molecule has 0 aromatic carbocycles. The van der Waals surface area contributed by atoms with Crippen molar-refractivity contribution >= 4 is 5.97 Å². The largest absolute Gasteiger partial charge is 0.465 e. The molecule has 1 aromatic heterocycles. The van der Waals surface area contributed by atoms with E-state index in [9.17, 15) is 4.79 Å². The van der Waals surface area contributed by atoms with E-state index in [-0.39, 0.29) is 5.97 Å². The van der Waals surface area contributed by atoms with Gasteiger partial charge >= 0.3 is 5.97 Å². The smallest absolute Gasteiger partial charge is 0.341 e. The number of esters is 1. The van der Waals surface area contributed by atoms with E-state index < -0.39 is 0 Å². The summed E-state index contributed by atoms with van der Waals surface area (Å²) in [6.07, 6.45) is 4.89. The topological polar surface area (TPSA) is 56.1 Å². The lowest BCUT2D eigenvalue weighted by Crippen LogP contribution is -2.31. The molecule has 0 bridgehead atoms. The molecule has 1 saturated heterocycles. The Morgan fingerprint density at radius 3 is 3.18 bits per heavy atom. The Morgan fingerprint density at radius 2 is 2.53 bits per heavy atom. The van der Waals surface area contributed by atoms with Gasteiger partial charge in [0.1, 0.15) is 5.56 Å². The summed E-state index contributed by atoms with van der Waals surface area (Å²) in [5.74, 6) is 0.291. The van der Waals surface area contributed by atoms with E-state index in [0.717, 1.165) is 25.2 Å². The second-order valence-corrected chi connectivity index (χ2v) is 4.54. The SMILES string of the molecule is COC(=O)c1cnn(C)c1CC1CCCNC1. The molecule has 1 unspecified atom stereocenters. The van der Waals surface area contributed by atoms with Crippen molar-refractivity contribution in [1.82, 2.24) is 15.1 Å². The third-order valence-electron chi connectivity index (χ3n) is 3.35. The average Bonchev–Trinajstić information content (AvgIpc) is 2.72. The van der Waals surface area contributed by atoms with Crippen molar-refractivity contribution in [3.8, 4) is 0 Å². The highest BCUT2D eigenvalue weighted by Gasteiger charge is 2.21. The third kappa shape index (κ3) is 2.66. The number of ether oxygens (including phenoxy) is 1. The first-order chi connectivity index (χ1) is 8.22. The maximum atomic E-state index is 11.6. The van der Waals surface area contributed by atoms with Gasteiger partial charge in [0, 0.05) is 7.05 Å². The van der Waals surface area contributed by atoms with E-state index in [1.165, 1.54) is 20.0 Å². The summed E-state index contributed by atoms with van der Waals surface area (Å²) in [6, 6.07) is 0. The minimum absolute atomic E-state index is 0.295. The van der Waals surface area contributed by atoms with E-state index in [4.69, 9.17) is 4.74 Å². The molecule has 0 spiro atoms. The molecule has 0 saturated carbocycles. The van der Waals surface area contributed by atoms with Gasteiger partial charge in [0.2, 0.25) is 0 Å². The van der Waals surface area contributed by atoms with Crippen LogP contribution >= 0.6 is 0 Å². The van der Waals surface area contributed by atoms with Gasteiger partial charge in [0.05, 0.1) is 19.0 Å². The van der Waals surface area contributed by atoms with E-state index in [2.05, 4.69) is 10.4 Å². The number of nitrogens with one attached hydrogen (secondary N) is 1. The first kappa shape index (κ1) is 12.1. The number of aryl methyl sites for hydroxylation is 1. The zero-order valence-electron chi connectivity index (χ0n) is 10.4. The Labute approximate surface area is 101 Å². The van der Waals surface area contributed by atoms with E-state index in [1.807, 2.05) is 7.05 Å². The van der Waals surface area contributed by atoms with Crippen LogP contribution in [0.1, 0.15) is 28.9 Å². The van der Waals surface area contributed by atoms with E-state index in [1.54, 1.807) is 10.9 Å². The zero-order chi connectivity index (χ0) is 12.3. The summed E-state index contributed by atoms with van der Waals surface area (Å²) in [5.41, 5.74) is 1.58. The lowest BCUT2D eigenvalue weighted by Gasteiger charge is -2.22. The van der Waals surface area contributed by atoms with Gasteiger partial charge in [-0.15, -0.1) is 0 Å². The summed E-state index contributed by atoms with van der Waals surface area (Å²) < 4.78 is 6.55. The van der Waals surface area contributed by atoms with Gasteiger partial charge in [0.25, 0.3) is 0 Å². The van der Waals surface area contributed by atoms with Gasteiger partial charge < -0.3 is 10.1 Å². The van der Waals surface area contributed by atoms with Crippen molar-refractivity contribution in [2.45, 2.75) is 19.3 Å². The van der Waals surface area contributed by atoms with Crippen LogP contribution in [0.4, 0.5) is 0 Å². The van der Waals surface area contributed by atoms with Gasteiger partial charge in [0.15, 0.2) is 0 Å². The Balaban J connectivity index is 2.13. The molecule has 1 aliphatic heterocycles. The lowest BCUT2D eigenvalue weighted by atomic mass is 9.93. The molecule has 1 fully saturated rings. The van der Waals surface area contributed by atoms with E-state index >= 15 is 0 Å². The standard InChI is InChI=1S/C12H19N3O2/c1-15-11(6-9-4-3-5-13-7-9)10(8-14-15)12(16)17-2/h8-9,13H,3-7H2,1-2H3. The van der Waals surface area contributed by atoms with Gasteiger partial charge in [-0.1, -0.05) is 0 Å². The highest BCUT2D eigenvalue weighted by atomic mass is 16.5. The first-order valence-corrected chi connectivity index (χ1v) is 6.02. The van der Waals surface area contributed by atoms with Crippen molar-refractivity contribution in [3.05, 3.63) is 17.5 Å². The van der Waals surface area contributed by atoms with Crippen LogP contribution in [0.2, 0.25) is 0 Å². The monoisotopic (exact) mass is 237 g/mol. The second-order valence-electron chi connectivity index (χ2n) is 4.54. The molecule has 1 aliphatic rings. The highest BCUT2D eigenvalue weighted by molar-refractivity contribution is 5.90. The minimum atomic E-state index is -0.295. The number of aromatic nitrogens is 2. The molecule has 1 N–H and O–H groups in total. The minimum Gasteiger partial charge on any atom is -0.465 e. The molecule has 2 rings (SSSR count). The van der Waals surface area contributed by atoms with Crippen LogP contribution in [0.25, 0.3) is 0 Å². The predicted octanol–water partition coefficient (Wildman–Crippen LogP) is 0.749. The quantitative estimate of drug-likeness (QED) is 0.788. The summed E-state index contributed by atoms with van der Waals surface area (Å²) in [6.45, 7) is 2.12. The Morgan fingerprint density at radius 1 is 1.71 bits per heavy atom. The third-order valence-corrected chi connectivity index (χ3v) is 3.35. The Kier molecular flexibility index (Phi) is 3.78. The number of methoxy groups -OCH3 is 1. The molecule has 2 heterocycles. The number of piperidine rings is 1.